The molecule has 0 radical (unpaired) electrons. The summed E-state index contributed by atoms with van der Waals surface area (Å²) < 4.78 is 24.6. The minimum atomic E-state index is -0.331. The molecule has 1 aliphatic heterocycles. The van der Waals surface area contributed by atoms with Gasteiger partial charge in [0.15, 0.2) is 0 Å². The molecule has 1 saturated heterocycles. The number of carbonyl (C=O) groups excluding carboxylic acids is 1. The van der Waals surface area contributed by atoms with Crippen LogP contribution >= 0.6 is 23.2 Å². The molecule has 1 aliphatic rings. The number of benzene rings is 2. The molecule has 1 fully saturated rings. The van der Waals surface area contributed by atoms with E-state index in [9.17, 15) is 9.18 Å². The molecule has 9 heteroatoms. The van der Waals surface area contributed by atoms with Crippen molar-refractivity contribution in [2.75, 3.05) is 26.2 Å². The number of ether oxygens (including phenoxy) is 1. The lowest BCUT2D eigenvalue weighted by Gasteiger charge is -2.33. The second-order valence-electron chi connectivity index (χ2n) is 7.99. The van der Waals surface area contributed by atoms with Crippen LogP contribution in [-0.2, 0) is 22.5 Å². The molecule has 0 saturated carbocycles. The summed E-state index contributed by atoms with van der Waals surface area (Å²) in [4.78, 5) is 19.2. The van der Waals surface area contributed by atoms with E-state index in [1.165, 1.54) is 12.1 Å². The van der Waals surface area contributed by atoms with E-state index in [1.807, 2.05) is 12.1 Å². The highest BCUT2D eigenvalue weighted by molar-refractivity contribution is 6.42. The van der Waals surface area contributed by atoms with Gasteiger partial charge in [0.1, 0.15) is 11.6 Å². The number of hydrogen-bond acceptors (Lipinski definition) is 5. The molecule has 1 amide bonds. The van der Waals surface area contributed by atoms with E-state index in [4.69, 9.17) is 32.4 Å². The van der Waals surface area contributed by atoms with Crippen LogP contribution in [0.2, 0.25) is 10.0 Å². The van der Waals surface area contributed by atoms with Crippen LogP contribution in [0.4, 0.5) is 4.39 Å². The molecule has 0 bridgehead atoms. The smallest absolute Gasteiger partial charge is 0.226 e. The Kier molecular flexibility index (Phi) is 7.65. The van der Waals surface area contributed by atoms with Crippen molar-refractivity contribution in [1.29, 1.82) is 0 Å². The number of aryl methyl sites for hydroxylation is 1. The van der Waals surface area contributed by atoms with E-state index >= 15 is 0 Å². The van der Waals surface area contributed by atoms with Crippen molar-refractivity contribution in [3.63, 3.8) is 0 Å². The Bertz CT molecular complexity index is 1120. The maximum atomic E-state index is 13.1. The SMILES string of the molecule is Cc1oc(-c2ccc(F)cc2)nc1CC(=O)NC[C@H]1CN(Cc2ccc(Cl)c(Cl)c2)CCO1. The summed E-state index contributed by atoms with van der Waals surface area (Å²) in [7, 11) is 0. The summed E-state index contributed by atoms with van der Waals surface area (Å²) >= 11 is 12.1. The van der Waals surface area contributed by atoms with Crippen LogP contribution in [0.3, 0.4) is 0 Å². The van der Waals surface area contributed by atoms with Gasteiger partial charge in [0.2, 0.25) is 11.8 Å². The second kappa shape index (κ2) is 10.7. The van der Waals surface area contributed by atoms with Crippen LogP contribution in [0.1, 0.15) is 17.0 Å². The summed E-state index contributed by atoms with van der Waals surface area (Å²) in [6.07, 6.45) is -0.0189. The Labute approximate surface area is 201 Å². The summed E-state index contributed by atoms with van der Waals surface area (Å²) in [5.74, 6) is 0.430. The second-order valence-corrected chi connectivity index (χ2v) is 8.80. The zero-order chi connectivity index (χ0) is 23.4. The molecule has 1 N–H and O–H groups in total. The van der Waals surface area contributed by atoms with Crippen LogP contribution in [-0.4, -0.2) is 48.1 Å². The predicted octanol–water partition coefficient (Wildman–Crippen LogP) is 4.66. The molecule has 2 aromatic carbocycles. The van der Waals surface area contributed by atoms with Crippen molar-refractivity contribution in [2.24, 2.45) is 0 Å². The molecule has 0 spiro atoms. The molecule has 33 heavy (non-hydrogen) atoms. The quantitative estimate of drug-likeness (QED) is 0.520. The lowest BCUT2D eigenvalue weighted by Crippen LogP contribution is -2.47. The number of amides is 1. The van der Waals surface area contributed by atoms with Gasteiger partial charge in [-0.05, 0) is 48.9 Å². The van der Waals surface area contributed by atoms with Crippen molar-refractivity contribution in [2.45, 2.75) is 26.0 Å². The third kappa shape index (κ3) is 6.32. The van der Waals surface area contributed by atoms with Gasteiger partial charge in [0, 0.05) is 31.7 Å². The highest BCUT2D eigenvalue weighted by Crippen LogP contribution is 2.24. The van der Waals surface area contributed by atoms with Gasteiger partial charge >= 0.3 is 0 Å². The Morgan fingerprint density at radius 2 is 2.00 bits per heavy atom. The Balaban J connectivity index is 1.28. The molecular weight excluding hydrogens is 468 g/mol. The van der Waals surface area contributed by atoms with Crippen LogP contribution in [0.5, 0.6) is 0 Å². The fourth-order valence-corrected chi connectivity index (χ4v) is 4.01. The molecule has 174 valence electrons. The van der Waals surface area contributed by atoms with Gasteiger partial charge in [0.25, 0.3) is 0 Å². The van der Waals surface area contributed by atoms with E-state index in [0.29, 0.717) is 52.7 Å². The van der Waals surface area contributed by atoms with Crippen molar-refractivity contribution < 1.29 is 18.3 Å². The molecule has 6 nitrogen and oxygen atoms in total. The molecule has 1 atom stereocenters. The summed E-state index contributed by atoms with van der Waals surface area (Å²) in [6, 6.07) is 11.5. The first-order valence-electron chi connectivity index (χ1n) is 10.6. The van der Waals surface area contributed by atoms with Gasteiger partial charge in [0.05, 0.1) is 34.9 Å². The molecule has 3 aromatic rings. The average molecular weight is 492 g/mol. The van der Waals surface area contributed by atoms with Crippen LogP contribution in [0.25, 0.3) is 11.5 Å². The van der Waals surface area contributed by atoms with Crippen molar-refractivity contribution >= 4 is 29.1 Å². The number of rotatable bonds is 7. The molecular formula is C24H24Cl2FN3O3. The number of carbonyl (C=O) groups is 1. The fourth-order valence-electron chi connectivity index (χ4n) is 3.69. The average Bonchev–Trinajstić information content (AvgIpc) is 3.15. The lowest BCUT2D eigenvalue weighted by atomic mass is 10.2. The highest BCUT2D eigenvalue weighted by atomic mass is 35.5. The predicted molar refractivity (Wildman–Crippen MR) is 125 cm³/mol. The van der Waals surface area contributed by atoms with Crippen molar-refractivity contribution in [1.82, 2.24) is 15.2 Å². The zero-order valence-corrected chi connectivity index (χ0v) is 19.6. The maximum absolute atomic E-state index is 13.1. The van der Waals surface area contributed by atoms with Gasteiger partial charge in [-0.2, -0.15) is 0 Å². The van der Waals surface area contributed by atoms with Gasteiger partial charge < -0.3 is 14.5 Å². The van der Waals surface area contributed by atoms with Gasteiger partial charge in [-0.15, -0.1) is 0 Å². The molecule has 0 aliphatic carbocycles. The van der Waals surface area contributed by atoms with E-state index in [1.54, 1.807) is 25.1 Å². The number of halogens is 3. The maximum Gasteiger partial charge on any atom is 0.226 e. The first-order chi connectivity index (χ1) is 15.9. The number of nitrogens with zero attached hydrogens (tertiary/aromatic N) is 2. The van der Waals surface area contributed by atoms with E-state index in [-0.39, 0.29) is 24.2 Å². The van der Waals surface area contributed by atoms with E-state index < -0.39 is 0 Å². The lowest BCUT2D eigenvalue weighted by molar-refractivity contribution is -0.121. The number of morpholine rings is 1. The molecule has 1 aromatic heterocycles. The minimum absolute atomic E-state index is 0.0935. The molecule has 0 unspecified atom stereocenters. The summed E-state index contributed by atoms with van der Waals surface area (Å²) in [6.45, 7) is 4.97. The summed E-state index contributed by atoms with van der Waals surface area (Å²) in [5.41, 5.74) is 2.29. The Morgan fingerprint density at radius 3 is 2.76 bits per heavy atom. The molecule has 2 heterocycles. The minimum Gasteiger partial charge on any atom is -0.441 e. The number of nitrogens with one attached hydrogen (secondary N) is 1. The van der Waals surface area contributed by atoms with Gasteiger partial charge in [-0.1, -0.05) is 29.3 Å². The summed E-state index contributed by atoms with van der Waals surface area (Å²) in [5, 5.41) is 4.00. The first kappa shape index (κ1) is 23.7. The molecule has 4 rings (SSSR count). The fraction of sp³-hybridized carbons (Fsp3) is 0.333. The zero-order valence-electron chi connectivity index (χ0n) is 18.1. The van der Waals surface area contributed by atoms with Crippen molar-refractivity contribution in [3.8, 4) is 11.5 Å². The third-order valence-corrected chi connectivity index (χ3v) is 6.19. The normalized spacial score (nSPS) is 16.7. The van der Waals surface area contributed by atoms with E-state index in [2.05, 4.69) is 15.2 Å². The third-order valence-electron chi connectivity index (χ3n) is 5.45. The highest BCUT2D eigenvalue weighted by Gasteiger charge is 2.22. The Morgan fingerprint density at radius 1 is 1.21 bits per heavy atom. The standard InChI is InChI=1S/C24H24Cl2FN3O3/c1-15-22(29-24(33-15)17-3-5-18(27)6-4-17)11-23(31)28-12-19-14-30(8-9-32-19)13-16-2-7-20(25)21(26)10-16/h2-7,10,19H,8-9,11-14H2,1H3,(H,28,31)/t19-/m0/s1. The number of aromatic nitrogens is 1. The van der Waals surface area contributed by atoms with Crippen molar-refractivity contribution in [3.05, 3.63) is 75.3 Å². The van der Waals surface area contributed by atoms with Crippen LogP contribution in [0, 0.1) is 12.7 Å². The first-order valence-corrected chi connectivity index (χ1v) is 11.4. The Hall–Kier alpha value is -2.45. The number of oxazole rings is 1. The van der Waals surface area contributed by atoms with E-state index in [0.717, 1.165) is 18.7 Å². The largest absolute Gasteiger partial charge is 0.441 e. The van der Waals surface area contributed by atoms with Gasteiger partial charge in [-0.25, -0.2) is 9.37 Å². The van der Waals surface area contributed by atoms with Crippen LogP contribution < -0.4 is 5.32 Å². The van der Waals surface area contributed by atoms with Gasteiger partial charge in [-0.3, -0.25) is 9.69 Å². The monoisotopic (exact) mass is 491 g/mol. The topological polar surface area (TPSA) is 67.6 Å². The van der Waals surface area contributed by atoms with Crippen LogP contribution in [0.15, 0.2) is 46.9 Å². The number of hydrogen-bond donors (Lipinski definition) is 1.